The first-order chi connectivity index (χ1) is 11.7. The molecule has 0 spiro atoms. The van der Waals surface area contributed by atoms with E-state index in [9.17, 15) is 4.57 Å². The van der Waals surface area contributed by atoms with Gasteiger partial charge < -0.3 is 9.05 Å². The summed E-state index contributed by atoms with van der Waals surface area (Å²) in [5.41, 5.74) is 1.86. The Kier molecular flexibility index (Phi) is 7.45. The third kappa shape index (κ3) is 5.45. The second kappa shape index (κ2) is 9.58. The van der Waals surface area contributed by atoms with Gasteiger partial charge in [-0.2, -0.15) is 0 Å². The molecule has 128 valence electrons. The zero-order valence-electron chi connectivity index (χ0n) is 14.3. The van der Waals surface area contributed by atoms with Crippen molar-refractivity contribution < 1.29 is 13.6 Å². The fourth-order valence-electron chi connectivity index (χ4n) is 2.52. The summed E-state index contributed by atoms with van der Waals surface area (Å²) in [4.78, 5) is 0. The minimum absolute atomic E-state index is 0.319. The summed E-state index contributed by atoms with van der Waals surface area (Å²) in [5, 5.41) is 0. The molecule has 0 aliphatic carbocycles. The second-order valence-electron chi connectivity index (χ2n) is 5.40. The van der Waals surface area contributed by atoms with Crippen LogP contribution in [0.25, 0.3) is 6.08 Å². The van der Waals surface area contributed by atoms with Crippen LogP contribution in [0.15, 0.2) is 66.7 Å². The van der Waals surface area contributed by atoms with Crippen molar-refractivity contribution in [3.8, 4) is 0 Å². The number of hydrogen-bond donors (Lipinski definition) is 0. The molecule has 1 atom stereocenters. The lowest BCUT2D eigenvalue weighted by molar-refractivity contribution is 0.215. The molecule has 0 aromatic heterocycles. The van der Waals surface area contributed by atoms with E-state index in [0.717, 1.165) is 11.1 Å². The first kappa shape index (κ1) is 18.7. The molecule has 0 N–H and O–H groups in total. The van der Waals surface area contributed by atoms with Gasteiger partial charge in [0.25, 0.3) is 0 Å². The van der Waals surface area contributed by atoms with Gasteiger partial charge in [-0.1, -0.05) is 72.8 Å². The fourth-order valence-corrected chi connectivity index (χ4v) is 4.42. The van der Waals surface area contributed by atoms with Crippen molar-refractivity contribution in [1.82, 2.24) is 0 Å². The van der Waals surface area contributed by atoms with Crippen LogP contribution < -0.4 is 0 Å². The number of hydrogen-bond acceptors (Lipinski definition) is 3. The zero-order chi connectivity index (χ0) is 17.3. The van der Waals surface area contributed by atoms with Gasteiger partial charge in [0.2, 0.25) is 0 Å². The smallest absolute Gasteiger partial charge is 0.308 e. The highest BCUT2D eigenvalue weighted by Crippen LogP contribution is 2.54. The first-order valence-electron chi connectivity index (χ1n) is 8.34. The van der Waals surface area contributed by atoms with E-state index in [1.807, 2.05) is 86.7 Å². The van der Waals surface area contributed by atoms with Crippen molar-refractivity contribution >= 4 is 13.7 Å². The van der Waals surface area contributed by atoms with Gasteiger partial charge in [-0.05, 0) is 31.4 Å². The van der Waals surface area contributed by atoms with Crippen LogP contribution in [0, 0.1) is 0 Å². The molecule has 4 heteroatoms. The van der Waals surface area contributed by atoms with Crippen LogP contribution in [0.3, 0.4) is 0 Å². The average molecular weight is 344 g/mol. The SMILES string of the molecule is CCOP(=O)(OCC)C(/C=C/c1ccccc1)Cc1ccccc1. The van der Waals surface area contributed by atoms with Crippen LogP contribution in [0.5, 0.6) is 0 Å². The van der Waals surface area contributed by atoms with E-state index in [1.165, 1.54) is 0 Å². The van der Waals surface area contributed by atoms with Crippen LogP contribution in [0.4, 0.5) is 0 Å². The number of benzene rings is 2. The summed E-state index contributed by atoms with van der Waals surface area (Å²) in [6.07, 6.45) is 4.55. The first-order valence-corrected chi connectivity index (χ1v) is 9.95. The standard InChI is InChI=1S/C20H25O3P/c1-3-22-24(21,23-4-2)20(17-19-13-9-6-10-14-19)16-15-18-11-7-5-8-12-18/h5-16,20H,3-4,17H2,1-2H3/b16-15+. The summed E-state index contributed by atoms with van der Waals surface area (Å²) in [6.45, 7) is 4.40. The largest absolute Gasteiger partial charge is 0.337 e. The Morgan fingerprint density at radius 1 is 0.917 bits per heavy atom. The monoisotopic (exact) mass is 344 g/mol. The predicted octanol–water partition coefficient (Wildman–Crippen LogP) is 5.58. The topological polar surface area (TPSA) is 35.5 Å². The predicted molar refractivity (Wildman–Crippen MR) is 100 cm³/mol. The van der Waals surface area contributed by atoms with E-state index >= 15 is 0 Å². The molecule has 2 rings (SSSR count). The molecule has 0 aliphatic heterocycles. The third-order valence-electron chi connectivity index (χ3n) is 3.62. The molecule has 0 bridgehead atoms. The zero-order valence-corrected chi connectivity index (χ0v) is 15.2. The second-order valence-corrected chi connectivity index (χ2v) is 7.66. The molecular weight excluding hydrogens is 319 g/mol. The Morgan fingerprint density at radius 3 is 2.00 bits per heavy atom. The molecule has 1 unspecified atom stereocenters. The Bertz CT molecular complexity index is 658. The molecule has 0 saturated heterocycles. The van der Waals surface area contributed by atoms with Crippen molar-refractivity contribution in [2.75, 3.05) is 13.2 Å². The Hall–Kier alpha value is -1.67. The molecule has 24 heavy (non-hydrogen) atoms. The summed E-state index contributed by atoms with van der Waals surface area (Å²) >= 11 is 0. The Morgan fingerprint density at radius 2 is 1.46 bits per heavy atom. The van der Waals surface area contributed by atoms with Gasteiger partial charge in [-0.15, -0.1) is 0 Å². The highest BCUT2D eigenvalue weighted by molar-refractivity contribution is 7.54. The van der Waals surface area contributed by atoms with Crippen molar-refractivity contribution in [2.45, 2.75) is 25.9 Å². The lowest BCUT2D eigenvalue weighted by Gasteiger charge is -2.24. The van der Waals surface area contributed by atoms with E-state index in [1.54, 1.807) is 0 Å². The minimum Gasteiger partial charge on any atom is -0.308 e. The number of rotatable bonds is 9. The van der Waals surface area contributed by atoms with Gasteiger partial charge in [0.15, 0.2) is 0 Å². The highest BCUT2D eigenvalue weighted by atomic mass is 31.2. The fraction of sp³-hybridized carbons (Fsp3) is 0.300. The van der Waals surface area contributed by atoms with Crippen molar-refractivity contribution in [2.24, 2.45) is 0 Å². The summed E-state index contributed by atoms with van der Waals surface area (Å²) < 4.78 is 24.4. The molecule has 3 nitrogen and oxygen atoms in total. The number of allylic oxidation sites excluding steroid dienone is 1. The van der Waals surface area contributed by atoms with Crippen molar-refractivity contribution in [3.63, 3.8) is 0 Å². The lowest BCUT2D eigenvalue weighted by atomic mass is 10.1. The summed E-state index contributed by atoms with van der Waals surface area (Å²) in [5.74, 6) is 0. The van der Waals surface area contributed by atoms with E-state index < -0.39 is 7.60 Å². The van der Waals surface area contributed by atoms with E-state index in [4.69, 9.17) is 9.05 Å². The minimum atomic E-state index is -3.22. The molecular formula is C20H25O3P. The van der Waals surface area contributed by atoms with Gasteiger partial charge in [-0.3, -0.25) is 4.57 Å². The van der Waals surface area contributed by atoms with Gasteiger partial charge in [-0.25, -0.2) is 0 Å². The van der Waals surface area contributed by atoms with Crippen LogP contribution >= 0.6 is 7.60 Å². The van der Waals surface area contributed by atoms with Gasteiger partial charge >= 0.3 is 7.60 Å². The van der Waals surface area contributed by atoms with Crippen LogP contribution in [-0.4, -0.2) is 18.9 Å². The molecule has 2 aromatic rings. The van der Waals surface area contributed by atoms with Crippen LogP contribution in [0.2, 0.25) is 0 Å². The molecule has 2 aromatic carbocycles. The van der Waals surface area contributed by atoms with Crippen LogP contribution in [-0.2, 0) is 20.0 Å². The molecule has 0 amide bonds. The Balaban J connectivity index is 2.29. The summed E-state index contributed by atoms with van der Waals surface area (Å²) in [6, 6.07) is 20.0. The molecule has 0 fully saturated rings. The molecule has 0 radical (unpaired) electrons. The maximum Gasteiger partial charge on any atom is 0.337 e. The Labute approximate surface area is 144 Å². The van der Waals surface area contributed by atoms with Gasteiger partial charge in [0.05, 0.1) is 18.9 Å². The maximum absolute atomic E-state index is 13.2. The lowest BCUT2D eigenvalue weighted by Crippen LogP contribution is -2.14. The van der Waals surface area contributed by atoms with Crippen LogP contribution in [0.1, 0.15) is 25.0 Å². The molecule has 0 saturated carbocycles. The van der Waals surface area contributed by atoms with E-state index in [0.29, 0.717) is 19.6 Å². The third-order valence-corrected chi connectivity index (χ3v) is 6.03. The molecule has 0 heterocycles. The van der Waals surface area contributed by atoms with Crippen molar-refractivity contribution in [3.05, 3.63) is 77.9 Å². The van der Waals surface area contributed by atoms with E-state index in [-0.39, 0.29) is 5.66 Å². The highest BCUT2D eigenvalue weighted by Gasteiger charge is 2.33. The van der Waals surface area contributed by atoms with Gasteiger partial charge in [0.1, 0.15) is 0 Å². The normalized spacial score (nSPS) is 13.2. The quantitative estimate of drug-likeness (QED) is 0.557. The van der Waals surface area contributed by atoms with Crippen molar-refractivity contribution in [1.29, 1.82) is 0 Å². The average Bonchev–Trinajstić information content (AvgIpc) is 2.61. The molecule has 0 aliphatic rings. The van der Waals surface area contributed by atoms with Gasteiger partial charge in [0, 0.05) is 0 Å². The summed E-state index contributed by atoms with van der Waals surface area (Å²) in [7, 11) is -3.22. The maximum atomic E-state index is 13.2. The van der Waals surface area contributed by atoms with E-state index in [2.05, 4.69) is 0 Å².